The second-order valence-corrected chi connectivity index (χ2v) is 9.93. The minimum Gasteiger partial charge on any atom is -0.493 e. The Morgan fingerprint density at radius 1 is 0.875 bits per heavy atom. The number of benzene rings is 3. The Hall–Kier alpha value is -4.33. The zero-order valence-electron chi connectivity index (χ0n) is 23.6. The van der Waals surface area contributed by atoms with E-state index in [9.17, 15) is 4.79 Å². The van der Waals surface area contributed by atoms with Gasteiger partial charge in [-0.3, -0.25) is 0 Å². The number of fused-ring (bicyclic) bond motifs is 4. The molecule has 0 N–H and O–H groups in total. The molecule has 0 saturated heterocycles. The maximum atomic E-state index is 13.2. The van der Waals surface area contributed by atoms with Gasteiger partial charge in [0, 0.05) is 28.7 Å². The summed E-state index contributed by atoms with van der Waals surface area (Å²) in [5.74, 6) is 2.59. The highest BCUT2D eigenvalue weighted by atomic mass is 16.7. The molecule has 0 fully saturated rings. The van der Waals surface area contributed by atoms with E-state index in [2.05, 4.69) is 13.8 Å². The fraction of sp³-hybridized carbons (Fsp3) is 0.344. The average molecular weight is 547 g/mol. The van der Waals surface area contributed by atoms with Crippen LogP contribution >= 0.6 is 0 Å². The highest BCUT2D eigenvalue weighted by Crippen LogP contribution is 2.58. The standard InChI is InChI=1S/C32H34O8/c1-18-14-21-15-23(34-3)29(35-4)31(36-5)26(21)27-22(16-24-30(32(27)37-6)39-17-38-24)28(19(18)2)40-25(33)13-12-20-10-8-7-9-11-20/h7-13,15-16,18-19,28H,14,17H2,1-6H3/b13-12+/t18-,19-,28-/m1/s1. The molecule has 1 heterocycles. The SMILES string of the molecule is COc1cc2c(c(OC)c1OC)-c1c(cc3c(c1OC)OCO3)[C@H](OC(=O)/C=C/c1ccccc1)[C@H](C)[C@H](C)C2. The lowest BCUT2D eigenvalue weighted by Crippen LogP contribution is -2.26. The number of ether oxygens (including phenoxy) is 7. The van der Waals surface area contributed by atoms with Crippen LogP contribution in [-0.2, 0) is 16.0 Å². The van der Waals surface area contributed by atoms with E-state index in [0.717, 1.165) is 22.3 Å². The lowest BCUT2D eigenvalue weighted by atomic mass is 9.76. The summed E-state index contributed by atoms with van der Waals surface area (Å²) < 4.78 is 41.2. The number of carbonyl (C=O) groups is 1. The van der Waals surface area contributed by atoms with E-state index < -0.39 is 12.1 Å². The van der Waals surface area contributed by atoms with E-state index in [1.54, 1.807) is 34.5 Å². The van der Waals surface area contributed by atoms with Gasteiger partial charge in [-0.15, -0.1) is 0 Å². The van der Waals surface area contributed by atoms with Crippen molar-refractivity contribution in [3.05, 3.63) is 65.2 Å². The number of methoxy groups -OCH3 is 4. The molecule has 40 heavy (non-hydrogen) atoms. The van der Waals surface area contributed by atoms with Crippen molar-refractivity contribution in [2.45, 2.75) is 26.4 Å². The van der Waals surface area contributed by atoms with Gasteiger partial charge in [0.1, 0.15) is 6.10 Å². The van der Waals surface area contributed by atoms with Crippen LogP contribution in [0.3, 0.4) is 0 Å². The van der Waals surface area contributed by atoms with Gasteiger partial charge in [-0.1, -0.05) is 44.2 Å². The first-order valence-corrected chi connectivity index (χ1v) is 13.2. The van der Waals surface area contributed by atoms with E-state index in [4.69, 9.17) is 33.2 Å². The van der Waals surface area contributed by atoms with Crippen molar-refractivity contribution < 1.29 is 38.0 Å². The molecule has 0 radical (unpaired) electrons. The maximum absolute atomic E-state index is 13.2. The lowest BCUT2D eigenvalue weighted by molar-refractivity contribution is -0.146. The average Bonchev–Trinajstić information content (AvgIpc) is 3.45. The summed E-state index contributed by atoms with van der Waals surface area (Å²) in [5.41, 5.74) is 4.09. The smallest absolute Gasteiger partial charge is 0.331 e. The minimum atomic E-state index is -0.618. The van der Waals surface area contributed by atoms with Crippen molar-refractivity contribution in [2.24, 2.45) is 11.8 Å². The van der Waals surface area contributed by atoms with Crippen LogP contribution in [0.5, 0.6) is 34.5 Å². The second-order valence-electron chi connectivity index (χ2n) is 9.93. The summed E-state index contributed by atoms with van der Waals surface area (Å²) in [5, 5.41) is 0. The van der Waals surface area contributed by atoms with Gasteiger partial charge in [-0.05, 0) is 41.7 Å². The predicted octanol–water partition coefficient (Wildman–Crippen LogP) is 6.24. The summed E-state index contributed by atoms with van der Waals surface area (Å²) >= 11 is 0. The molecule has 3 atom stereocenters. The first-order valence-electron chi connectivity index (χ1n) is 13.2. The van der Waals surface area contributed by atoms with E-state index in [1.807, 2.05) is 42.5 Å². The van der Waals surface area contributed by atoms with Crippen LogP contribution in [0, 0.1) is 11.8 Å². The van der Waals surface area contributed by atoms with Gasteiger partial charge in [-0.2, -0.15) is 0 Å². The molecule has 8 heteroatoms. The fourth-order valence-electron chi connectivity index (χ4n) is 5.53. The quantitative estimate of drug-likeness (QED) is 0.254. The molecule has 0 bridgehead atoms. The van der Waals surface area contributed by atoms with Crippen LogP contribution in [-0.4, -0.2) is 41.2 Å². The number of esters is 1. The number of hydrogen-bond acceptors (Lipinski definition) is 8. The van der Waals surface area contributed by atoms with Gasteiger partial charge in [0.15, 0.2) is 23.0 Å². The Morgan fingerprint density at radius 3 is 2.27 bits per heavy atom. The molecule has 2 aliphatic rings. The highest BCUT2D eigenvalue weighted by molar-refractivity contribution is 5.90. The van der Waals surface area contributed by atoms with Crippen molar-refractivity contribution in [1.82, 2.24) is 0 Å². The molecule has 0 amide bonds. The Kier molecular flexibility index (Phi) is 7.78. The van der Waals surface area contributed by atoms with Gasteiger partial charge < -0.3 is 33.2 Å². The van der Waals surface area contributed by atoms with Crippen LogP contribution < -0.4 is 28.4 Å². The van der Waals surface area contributed by atoms with Gasteiger partial charge in [-0.25, -0.2) is 4.79 Å². The largest absolute Gasteiger partial charge is 0.493 e. The molecule has 0 saturated carbocycles. The summed E-state index contributed by atoms with van der Waals surface area (Å²) in [6, 6.07) is 13.5. The lowest BCUT2D eigenvalue weighted by Gasteiger charge is -2.35. The topological polar surface area (TPSA) is 81.7 Å². The van der Waals surface area contributed by atoms with E-state index in [1.165, 1.54) is 6.08 Å². The monoisotopic (exact) mass is 546 g/mol. The van der Waals surface area contributed by atoms with Crippen molar-refractivity contribution in [3.8, 4) is 45.6 Å². The Bertz CT molecular complexity index is 1430. The molecule has 0 unspecified atom stereocenters. The van der Waals surface area contributed by atoms with Gasteiger partial charge in [0.2, 0.25) is 18.3 Å². The Morgan fingerprint density at radius 2 is 1.60 bits per heavy atom. The molecule has 3 aromatic rings. The third kappa shape index (κ3) is 4.78. The van der Waals surface area contributed by atoms with Gasteiger partial charge in [0.25, 0.3) is 0 Å². The molecule has 3 aromatic carbocycles. The van der Waals surface area contributed by atoms with Crippen LogP contribution in [0.2, 0.25) is 0 Å². The third-order valence-electron chi connectivity index (χ3n) is 7.69. The van der Waals surface area contributed by atoms with E-state index in [-0.39, 0.29) is 18.6 Å². The van der Waals surface area contributed by atoms with Crippen molar-refractivity contribution in [1.29, 1.82) is 0 Å². The second kappa shape index (κ2) is 11.4. The fourth-order valence-corrected chi connectivity index (χ4v) is 5.53. The van der Waals surface area contributed by atoms with Crippen molar-refractivity contribution >= 4 is 12.0 Å². The normalized spacial score (nSPS) is 19.2. The minimum absolute atomic E-state index is 0.0563. The van der Waals surface area contributed by atoms with Crippen LogP contribution in [0.25, 0.3) is 17.2 Å². The van der Waals surface area contributed by atoms with Gasteiger partial charge >= 0.3 is 5.97 Å². The van der Waals surface area contributed by atoms with Crippen molar-refractivity contribution in [2.75, 3.05) is 35.2 Å². The summed E-state index contributed by atoms with van der Waals surface area (Å²) in [4.78, 5) is 13.2. The van der Waals surface area contributed by atoms with Crippen LogP contribution in [0.1, 0.15) is 36.6 Å². The highest BCUT2D eigenvalue weighted by Gasteiger charge is 2.39. The van der Waals surface area contributed by atoms with E-state index in [0.29, 0.717) is 46.5 Å². The molecule has 5 rings (SSSR count). The van der Waals surface area contributed by atoms with Crippen LogP contribution in [0.15, 0.2) is 48.5 Å². The molecular formula is C32H34O8. The summed E-state index contributed by atoms with van der Waals surface area (Å²) in [6.07, 6.45) is 3.25. The molecule has 1 aliphatic carbocycles. The number of rotatable bonds is 7. The third-order valence-corrected chi connectivity index (χ3v) is 7.69. The molecule has 8 nitrogen and oxygen atoms in total. The number of hydrogen-bond donors (Lipinski definition) is 0. The molecule has 0 aromatic heterocycles. The first kappa shape index (κ1) is 27.2. The molecular weight excluding hydrogens is 512 g/mol. The summed E-state index contributed by atoms with van der Waals surface area (Å²) in [7, 11) is 6.35. The molecule has 0 spiro atoms. The van der Waals surface area contributed by atoms with Crippen molar-refractivity contribution in [3.63, 3.8) is 0 Å². The molecule has 1 aliphatic heterocycles. The Balaban J connectivity index is 1.74. The summed E-state index contributed by atoms with van der Waals surface area (Å²) in [6.45, 7) is 4.29. The maximum Gasteiger partial charge on any atom is 0.331 e. The number of carbonyl (C=O) groups excluding carboxylic acids is 1. The zero-order valence-corrected chi connectivity index (χ0v) is 23.6. The van der Waals surface area contributed by atoms with E-state index >= 15 is 0 Å². The zero-order chi connectivity index (χ0) is 28.4. The Labute approximate surface area is 234 Å². The first-order chi connectivity index (χ1) is 19.4. The predicted molar refractivity (Wildman–Crippen MR) is 151 cm³/mol. The van der Waals surface area contributed by atoms with Crippen LogP contribution in [0.4, 0.5) is 0 Å². The molecule has 210 valence electrons. The van der Waals surface area contributed by atoms with Gasteiger partial charge in [0.05, 0.1) is 28.4 Å².